The molecule has 9 heteroatoms. The van der Waals surface area contributed by atoms with Crippen LogP contribution >= 0.6 is 0 Å². The van der Waals surface area contributed by atoms with Gasteiger partial charge in [0.25, 0.3) is 0 Å². The van der Waals surface area contributed by atoms with Crippen molar-refractivity contribution in [3.63, 3.8) is 0 Å². The van der Waals surface area contributed by atoms with Crippen LogP contribution in [0.1, 0.15) is 36.8 Å². The van der Waals surface area contributed by atoms with Gasteiger partial charge in [0.2, 0.25) is 5.91 Å². The highest BCUT2D eigenvalue weighted by atomic mass is 19.4. The van der Waals surface area contributed by atoms with E-state index in [1.165, 1.54) is 18.4 Å². The molecule has 2 saturated heterocycles. The van der Waals surface area contributed by atoms with Gasteiger partial charge in [0, 0.05) is 25.1 Å². The van der Waals surface area contributed by atoms with Gasteiger partial charge in [-0.3, -0.25) is 4.79 Å². The highest BCUT2D eigenvalue weighted by Crippen LogP contribution is 2.29. The van der Waals surface area contributed by atoms with Crippen molar-refractivity contribution in [3.05, 3.63) is 35.4 Å². The molecule has 1 amide bonds. The van der Waals surface area contributed by atoms with Crippen molar-refractivity contribution in [2.45, 2.75) is 44.3 Å². The number of carbonyl (C=O) groups is 2. The summed E-state index contributed by atoms with van der Waals surface area (Å²) in [5.74, 6) is -0.977. The Balaban J connectivity index is 0.000000339. The molecule has 4 rings (SSSR count). The fraction of sp³-hybridized carbons (Fsp3) is 0.545. The number of aliphatic carboxylic acids is 1. The number of likely N-dealkylation sites (tertiary alicyclic amines) is 1. The third-order valence-corrected chi connectivity index (χ3v) is 5.84. The number of ether oxygens (including phenoxy) is 1. The molecular formula is C22H27F3N2O4. The van der Waals surface area contributed by atoms with E-state index in [0.717, 1.165) is 56.8 Å². The maximum absolute atomic E-state index is 12.8. The number of alkyl halides is 3. The van der Waals surface area contributed by atoms with Gasteiger partial charge in [-0.2, -0.15) is 13.2 Å². The van der Waals surface area contributed by atoms with Crippen molar-refractivity contribution in [2.24, 2.45) is 5.92 Å². The lowest BCUT2D eigenvalue weighted by molar-refractivity contribution is -0.192. The Bertz CT molecular complexity index is 825. The van der Waals surface area contributed by atoms with Crippen LogP contribution < -0.4 is 10.1 Å². The summed E-state index contributed by atoms with van der Waals surface area (Å²) < 4.78 is 37.3. The van der Waals surface area contributed by atoms with Crippen LogP contribution in [-0.2, 0) is 16.0 Å². The molecule has 6 nitrogen and oxygen atoms in total. The zero-order valence-electron chi connectivity index (χ0n) is 17.2. The largest absolute Gasteiger partial charge is 0.493 e. The zero-order valence-corrected chi connectivity index (χ0v) is 17.2. The molecule has 0 spiro atoms. The van der Waals surface area contributed by atoms with Gasteiger partial charge in [0.1, 0.15) is 5.75 Å². The molecule has 2 fully saturated rings. The number of amides is 1. The predicted molar refractivity (Wildman–Crippen MR) is 109 cm³/mol. The Hall–Kier alpha value is -2.55. The second-order valence-corrected chi connectivity index (χ2v) is 7.95. The first kappa shape index (κ1) is 23.1. The summed E-state index contributed by atoms with van der Waals surface area (Å²) in [7, 11) is 0. The highest BCUT2D eigenvalue weighted by molar-refractivity contribution is 5.92. The molecular weight excluding hydrogens is 413 g/mol. The summed E-state index contributed by atoms with van der Waals surface area (Å²) in [6, 6.07) is 6.60. The van der Waals surface area contributed by atoms with Gasteiger partial charge in [0.05, 0.1) is 6.61 Å². The van der Waals surface area contributed by atoms with Gasteiger partial charge in [0.15, 0.2) is 0 Å². The first-order valence-electron chi connectivity index (χ1n) is 10.5. The summed E-state index contributed by atoms with van der Waals surface area (Å²) in [6.07, 6.45) is 4.27. The standard InChI is InChI=1S/C20H26N2O2.C2HF3O2/c23-20(8-6-15-5-7-19-16(13-15)9-12-24-19)22-11-2-3-17-14-21-10-1-4-18(17)22;3-2(4,5)1(6)7/h5-8,13,17-18,21H,1-4,9-12,14H2;(H,6,7)/b8-6+;. The normalized spacial score (nSPS) is 23.1. The van der Waals surface area contributed by atoms with E-state index in [1.807, 2.05) is 18.2 Å². The highest BCUT2D eigenvalue weighted by Gasteiger charge is 2.38. The van der Waals surface area contributed by atoms with E-state index < -0.39 is 12.1 Å². The molecule has 2 atom stereocenters. The topological polar surface area (TPSA) is 78.9 Å². The van der Waals surface area contributed by atoms with Crippen molar-refractivity contribution in [1.82, 2.24) is 10.2 Å². The maximum atomic E-state index is 12.8. The molecule has 0 aliphatic carbocycles. The molecule has 1 aromatic carbocycles. The zero-order chi connectivity index (χ0) is 22.4. The third kappa shape index (κ3) is 6.22. The number of halogens is 3. The van der Waals surface area contributed by atoms with Gasteiger partial charge in [-0.15, -0.1) is 0 Å². The van der Waals surface area contributed by atoms with E-state index in [9.17, 15) is 18.0 Å². The van der Waals surface area contributed by atoms with Gasteiger partial charge >= 0.3 is 12.1 Å². The van der Waals surface area contributed by atoms with E-state index in [4.69, 9.17) is 14.6 Å². The first-order chi connectivity index (χ1) is 14.8. The summed E-state index contributed by atoms with van der Waals surface area (Å²) in [6.45, 7) is 3.82. The minimum absolute atomic E-state index is 0.170. The smallest absolute Gasteiger partial charge is 0.490 e. The van der Waals surface area contributed by atoms with Crippen molar-refractivity contribution in [2.75, 3.05) is 26.2 Å². The molecule has 0 radical (unpaired) electrons. The van der Waals surface area contributed by atoms with Gasteiger partial charge in [-0.1, -0.05) is 6.07 Å². The summed E-state index contributed by atoms with van der Waals surface area (Å²) in [5, 5.41) is 10.6. The Kier molecular flexibility index (Phi) is 7.59. The second kappa shape index (κ2) is 10.2. The Morgan fingerprint density at radius 1 is 1.23 bits per heavy atom. The summed E-state index contributed by atoms with van der Waals surface area (Å²) >= 11 is 0. The van der Waals surface area contributed by atoms with E-state index in [-0.39, 0.29) is 5.91 Å². The predicted octanol–water partition coefficient (Wildman–Crippen LogP) is 3.26. The lowest BCUT2D eigenvalue weighted by atomic mass is 9.87. The van der Waals surface area contributed by atoms with Crippen LogP contribution in [0.2, 0.25) is 0 Å². The lowest BCUT2D eigenvalue weighted by Crippen LogP contribution is -2.49. The monoisotopic (exact) mass is 440 g/mol. The first-order valence-corrected chi connectivity index (χ1v) is 10.5. The number of piperidine rings is 1. The van der Waals surface area contributed by atoms with Gasteiger partial charge < -0.3 is 20.1 Å². The van der Waals surface area contributed by atoms with Crippen LogP contribution in [-0.4, -0.2) is 60.3 Å². The molecule has 0 bridgehead atoms. The number of hydrogen-bond donors (Lipinski definition) is 2. The minimum atomic E-state index is -5.08. The number of carboxylic acids is 1. The number of nitrogens with one attached hydrogen (secondary N) is 1. The van der Waals surface area contributed by atoms with Gasteiger partial charge in [-0.25, -0.2) is 4.79 Å². The third-order valence-electron chi connectivity index (χ3n) is 5.84. The molecule has 31 heavy (non-hydrogen) atoms. The minimum Gasteiger partial charge on any atom is -0.493 e. The van der Waals surface area contributed by atoms with Crippen molar-refractivity contribution < 1.29 is 32.6 Å². The molecule has 1 aromatic rings. The summed E-state index contributed by atoms with van der Waals surface area (Å²) in [5.41, 5.74) is 2.33. The van der Waals surface area contributed by atoms with Crippen LogP contribution in [0.5, 0.6) is 5.75 Å². The fourth-order valence-electron chi connectivity index (χ4n) is 4.34. The number of benzene rings is 1. The maximum Gasteiger partial charge on any atom is 0.490 e. The molecule has 2 unspecified atom stereocenters. The SMILES string of the molecule is O=C(/C=C/c1ccc2c(c1)CCO2)N1CCCC2CNCCCC21.O=C(O)C(F)(F)F. The molecule has 3 aliphatic heterocycles. The average molecular weight is 440 g/mol. The van der Waals surface area contributed by atoms with E-state index in [2.05, 4.69) is 16.3 Å². The van der Waals surface area contributed by atoms with Crippen LogP contribution in [0.15, 0.2) is 24.3 Å². The lowest BCUT2D eigenvalue weighted by Gasteiger charge is -2.40. The van der Waals surface area contributed by atoms with E-state index >= 15 is 0 Å². The van der Waals surface area contributed by atoms with Crippen LogP contribution in [0.3, 0.4) is 0 Å². The van der Waals surface area contributed by atoms with Gasteiger partial charge in [-0.05, 0) is 74.0 Å². The molecule has 0 aromatic heterocycles. The number of carbonyl (C=O) groups excluding carboxylic acids is 1. The fourth-order valence-corrected chi connectivity index (χ4v) is 4.34. The number of nitrogens with zero attached hydrogens (tertiary/aromatic N) is 1. The van der Waals surface area contributed by atoms with Crippen LogP contribution in [0.25, 0.3) is 6.08 Å². The summed E-state index contributed by atoms with van der Waals surface area (Å²) in [4.78, 5) is 23.8. The van der Waals surface area contributed by atoms with Crippen LogP contribution in [0.4, 0.5) is 13.2 Å². The Labute approximate surface area is 179 Å². The number of rotatable bonds is 2. The molecule has 3 heterocycles. The molecule has 170 valence electrons. The number of carboxylic acid groups (broad SMARTS) is 1. The van der Waals surface area contributed by atoms with Crippen LogP contribution in [0, 0.1) is 5.92 Å². The quantitative estimate of drug-likeness (QED) is 0.691. The number of hydrogen-bond acceptors (Lipinski definition) is 4. The van der Waals surface area contributed by atoms with E-state index in [0.29, 0.717) is 12.0 Å². The molecule has 0 saturated carbocycles. The average Bonchev–Trinajstić information content (AvgIpc) is 3.06. The number of fused-ring (bicyclic) bond motifs is 2. The second-order valence-electron chi connectivity index (χ2n) is 7.95. The van der Waals surface area contributed by atoms with E-state index in [1.54, 1.807) is 6.08 Å². The Morgan fingerprint density at radius 3 is 2.74 bits per heavy atom. The Morgan fingerprint density at radius 2 is 2.00 bits per heavy atom. The molecule has 2 N–H and O–H groups in total. The molecule has 3 aliphatic rings. The van der Waals surface area contributed by atoms with Crippen molar-refractivity contribution >= 4 is 18.0 Å². The van der Waals surface area contributed by atoms with Crippen molar-refractivity contribution in [3.8, 4) is 5.75 Å². The van der Waals surface area contributed by atoms with Crippen molar-refractivity contribution in [1.29, 1.82) is 0 Å².